The Morgan fingerprint density at radius 3 is 2.00 bits per heavy atom. The van der Waals surface area contributed by atoms with Crippen LogP contribution in [-0.4, -0.2) is 35.5 Å². The molecule has 0 atom stereocenters. The zero-order valence-corrected chi connectivity index (χ0v) is 8.30. The second-order valence-corrected chi connectivity index (χ2v) is 3.72. The molecule has 0 bridgehead atoms. The topological polar surface area (TPSA) is 52.5 Å². The van der Waals surface area contributed by atoms with Crippen LogP contribution in [0.1, 0.15) is 27.2 Å². The summed E-state index contributed by atoms with van der Waals surface area (Å²) in [5.41, 5.74) is -0.482. The Hall–Kier alpha value is -0.120. The van der Waals surface area contributed by atoms with E-state index in [0.29, 0.717) is 5.92 Å². The lowest BCUT2D eigenvalue weighted by Crippen LogP contribution is -2.52. The molecule has 0 spiro atoms. The molecule has 12 heavy (non-hydrogen) atoms. The summed E-state index contributed by atoms with van der Waals surface area (Å²) >= 11 is 0. The van der Waals surface area contributed by atoms with E-state index in [-0.39, 0.29) is 13.2 Å². The Morgan fingerprint density at radius 2 is 1.75 bits per heavy atom. The standard InChI is InChI=1S/C9H21NO2/c1-4-9(6-11,7-12)10-5-8(2)3/h8,10-12H,4-7H2,1-3H3. The first kappa shape index (κ1) is 11.9. The van der Waals surface area contributed by atoms with Gasteiger partial charge in [0.2, 0.25) is 0 Å². The molecule has 3 N–H and O–H groups in total. The van der Waals surface area contributed by atoms with Gasteiger partial charge in [0, 0.05) is 0 Å². The smallest absolute Gasteiger partial charge is 0.0645 e. The minimum absolute atomic E-state index is 0.00722. The lowest BCUT2D eigenvalue weighted by Gasteiger charge is -2.30. The summed E-state index contributed by atoms with van der Waals surface area (Å²) in [7, 11) is 0. The molecule has 0 fully saturated rings. The molecule has 0 amide bonds. The van der Waals surface area contributed by atoms with Gasteiger partial charge in [0.05, 0.1) is 18.8 Å². The molecule has 0 aliphatic rings. The van der Waals surface area contributed by atoms with E-state index in [2.05, 4.69) is 19.2 Å². The molecule has 3 nitrogen and oxygen atoms in total. The Balaban J connectivity index is 3.93. The van der Waals surface area contributed by atoms with Gasteiger partial charge in [-0.1, -0.05) is 20.8 Å². The molecule has 74 valence electrons. The van der Waals surface area contributed by atoms with Crippen molar-refractivity contribution in [3.8, 4) is 0 Å². The van der Waals surface area contributed by atoms with E-state index in [4.69, 9.17) is 10.2 Å². The van der Waals surface area contributed by atoms with Gasteiger partial charge in [-0.3, -0.25) is 0 Å². The van der Waals surface area contributed by atoms with Gasteiger partial charge in [-0.2, -0.15) is 0 Å². The van der Waals surface area contributed by atoms with Crippen molar-refractivity contribution >= 4 is 0 Å². The minimum atomic E-state index is -0.482. The van der Waals surface area contributed by atoms with Crippen molar-refractivity contribution < 1.29 is 10.2 Å². The van der Waals surface area contributed by atoms with Gasteiger partial charge in [0.1, 0.15) is 0 Å². The van der Waals surface area contributed by atoms with Gasteiger partial charge in [-0.05, 0) is 18.9 Å². The summed E-state index contributed by atoms with van der Waals surface area (Å²) in [6.07, 6.45) is 0.743. The van der Waals surface area contributed by atoms with E-state index < -0.39 is 5.54 Å². The quantitative estimate of drug-likeness (QED) is 0.546. The number of nitrogens with one attached hydrogen (secondary N) is 1. The Morgan fingerprint density at radius 1 is 1.25 bits per heavy atom. The van der Waals surface area contributed by atoms with E-state index >= 15 is 0 Å². The molecule has 0 rings (SSSR count). The van der Waals surface area contributed by atoms with Crippen LogP contribution in [0.3, 0.4) is 0 Å². The van der Waals surface area contributed by atoms with Gasteiger partial charge in [-0.25, -0.2) is 0 Å². The van der Waals surface area contributed by atoms with Crippen LogP contribution < -0.4 is 5.32 Å². The Labute approximate surface area is 74.8 Å². The summed E-state index contributed by atoms with van der Waals surface area (Å²) in [5, 5.41) is 21.3. The van der Waals surface area contributed by atoms with Crippen LogP contribution >= 0.6 is 0 Å². The first-order valence-corrected chi connectivity index (χ1v) is 4.57. The molecular formula is C9H21NO2. The van der Waals surface area contributed by atoms with E-state index in [0.717, 1.165) is 13.0 Å². The normalized spacial score (nSPS) is 12.5. The number of aliphatic hydroxyl groups excluding tert-OH is 2. The molecule has 0 saturated carbocycles. The van der Waals surface area contributed by atoms with Crippen LogP contribution in [0.5, 0.6) is 0 Å². The van der Waals surface area contributed by atoms with Crippen molar-refractivity contribution in [3.63, 3.8) is 0 Å². The van der Waals surface area contributed by atoms with Gasteiger partial charge in [0.15, 0.2) is 0 Å². The molecule has 0 heterocycles. The molecular weight excluding hydrogens is 154 g/mol. The number of aliphatic hydroxyl groups is 2. The molecule has 0 aromatic carbocycles. The fourth-order valence-electron chi connectivity index (χ4n) is 0.931. The van der Waals surface area contributed by atoms with Crippen molar-refractivity contribution in [2.75, 3.05) is 19.8 Å². The first-order chi connectivity index (χ1) is 5.60. The molecule has 0 saturated heterocycles. The number of rotatable bonds is 6. The van der Waals surface area contributed by atoms with E-state index in [1.165, 1.54) is 0 Å². The third-order valence-corrected chi connectivity index (χ3v) is 2.17. The highest BCUT2D eigenvalue weighted by Gasteiger charge is 2.25. The van der Waals surface area contributed by atoms with E-state index in [9.17, 15) is 0 Å². The minimum Gasteiger partial charge on any atom is -0.394 e. The molecule has 0 unspecified atom stereocenters. The van der Waals surface area contributed by atoms with Crippen LogP contribution in [0.4, 0.5) is 0 Å². The third kappa shape index (κ3) is 3.52. The van der Waals surface area contributed by atoms with Gasteiger partial charge in [0.25, 0.3) is 0 Å². The van der Waals surface area contributed by atoms with Crippen molar-refractivity contribution in [2.45, 2.75) is 32.7 Å². The second kappa shape index (κ2) is 5.51. The fraction of sp³-hybridized carbons (Fsp3) is 1.00. The predicted molar refractivity (Wildman–Crippen MR) is 50.0 cm³/mol. The van der Waals surface area contributed by atoms with Crippen molar-refractivity contribution in [1.82, 2.24) is 5.32 Å². The van der Waals surface area contributed by atoms with E-state index in [1.807, 2.05) is 6.92 Å². The molecule has 0 aromatic rings. The van der Waals surface area contributed by atoms with E-state index in [1.54, 1.807) is 0 Å². The molecule has 3 heteroatoms. The highest BCUT2D eigenvalue weighted by Crippen LogP contribution is 2.08. The first-order valence-electron chi connectivity index (χ1n) is 4.57. The zero-order valence-electron chi connectivity index (χ0n) is 8.30. The molecule has 0 aromatic heterocycles. The van der Waals surface area contributed by atoms with Crippen LogP contribution in [0.15, 0.2) is 0 Å². The predicted octanol–water partition coefficient (Wildman–Crippen LogP) is 0.365. The average Bonchev–Trinajstić information content (AvgIpc) is 2.08. The highest BCUT2D eigenvalue weighted by molar-refractivity contribution is 4.85. The summed E-state index contributed by atoms with van der Waals surface area (Å²) in [5.74, 6) is 0.536. The summed E-state index contributed by atoms with van der Waals surface area (Å²) in [4.78, 5) is 0. The van der Waals surface area contributed by atoms with Crippen molar-refractivity contribution in [1.29, 1.82) is 0 Å². The molecule has 0 aliphatic carbocycles. The fourth-order valence-corrected chi connectivity index (χ4v) is 0.931. The van der Waals surface area contributed by atoms with Crippen molar-refractivity contribution in [2.24, 2.45) is 5.92 Å². The largest absolute Gasteiger partial charge is 0.394 e. The average molecular weight is 175 g/mol. The van der Waals surface area contributed by atoms with Crippen LogP contribution in [0.2, 0.25) is 0 Å². The summed E-state index contributed by atoms with van der Waals surface area (Å²) < 4.78 is 0. The van der Waals surface area contributed by atoms with Gasteiger partial charge in [-0.15, -0.1) is 0 Å². The SMILES string of the molecule is CCC(CO)(CO)NCC(C)C. The number of hydrogen-bond donors (Lipinski definition) is 3. The Kier molecular flexibility index (Phi) is 5.46. The zero-order chi connectivity index (χ0) is 9.61. The van der Waals surface area contributed by atoms with Crippen LogP contribution in [0, 0.1) is 5.92 Å². The second-order valence-electron chi connectivity index (χ2n) is 3.72. The van der Waals surface area contributed by atoms with Crippen LogP contribution in [0.25, 0.3) is 0 Å². The lowest BCUT2D eigenvalue weighted by molar-refractivity contribution is 0.0853. The number of hydrogen-bond acceptors (Lipinski definition) is 3. The maximum absolute atomic E-state index is 9.07. The lowest BCUT2D eigenvalue weighted by atomic mass is 9.98. The highest BCUT2D eigenvalue weighted by atomic mass is 16.3. The summed E-state index contributed by atoms with van der Waals surface area (Å²) in [6, 6.07) is 0. The molecule has 0 radical (unpaired) electrons. The Bertz CT molecular complexity index is 103. The van der Waals surface area contributed by atoms with Gasteiger partial charge < -0.3 is 15.5 Å². The van der Waals surface area contributed by atoms with Crippen molar-refractivity contribution in [3.05, 3.63) is 0 Å². The summed E-state index contributed by atoms with van der Waals surface area (Å²) in [6.45, 7) is 6.97. The maximum atomic E-state index is 9.07. The monoisotopic (exact) mass is 175 g/mol. The van der Waals surface area contributed by atoms with Crippen LogP contribution in [-0.2, 0) is 0 Å². The third-order valence-electron chi connectivity index (χ3n) is 2.17. The maximum Gasteiger partial charge on any atom is 0.0645 e. The molecule has 0 aliphatic heterocycles. The van der Waals surface area contributed by atoms with Gasteiger partial charge >= 0.3 is 0 Å².